The number of carbonyl (C=O) groups excluding carboxylic acids is 1. The lowest BCUT2D eigenvalue weighted by atomic mass is 10.0. The molecule has 1 aromatic heterocycles. The summed E-state index contributed by atoms with van der Waals surface area (Å²) >= 11 is 0. The highest BCUT2D eigenvalue weighted by molar-refractivity contribution is 5.93. The van der Waals surface area contributed by atoms with E-state index in [9.17, 15) is 9.59 Å². The zero-order chi connectivity index (χ0) is 14.0. The fraction of sp³-hybridized carbons (Fsp3) is 0.600. The zero-order valence-corrected chi connectivity index (χ0v) is 12.0. The molecule has 1 aromatic rings. The van der Waals surface area contributed by atoms with E-state index in [1.54, 1.807) is 0 Å². The Morgan fingerprint density at radius 3 is 2.68 bits per heavy atom. The molecule has 0 aliphatic carbocycles. The number of rotatable bonds is 4. The minimum Gasteiger partial charge on any atom is -0.312 e. The molecule has 0 fully saturated rings. The Labute approximate surface area is 114 Å². The van der Waals surface area contributed by atoms with Gasteiger partial charge in [-0.1, -0.05) is 13.8 Å². The molecule has 2 rings (SSSR count). The van der Waals surface area contributed by atoms with Crippen molar-refractivity contribution in [2.45, 2.75) is 46.7 Å². The average molecular weight is 262 g/mol. The number of hydrogen-bond acceptors (Lipinski definition) is 3. The van der Waals surface area contributed by atoms with Gasteiger partial charge in [-0.15, -0.1) is 0 Å². The Balaban J connectivity index is 2.57. The quantitative estimate of drug-likeness (QED) is 0.778. The Morgan fingerprint density at radius 2 is 2.11 bits per heavy atom. The molecule has 0 radical (unpaired) electrons. The Morgan fingerprint density at radius 1 is 1.37 bits per heavy atom. The molecule has 1 aliphatic heterocycles. The first-order chi connectivity index (χ1) is 9.08. The van der Waals surface area contributed by atoms with Gasteiger partial charge in [-0.05, 0) is 31.5 Å². The summed E-state index contributed by atoms with van der Waals surface area (Å²) in [5.41, 5.74) is 2.50. The van der Waals surface area contributed by atoms with Crippen LogP contribution in [0.3, 0.4) is 0 Å². The van der Waals surface area contributed by atoms with E-state index in [0.717, 1.165) is 43.7 Å². The number of likely N-dealkylation sites (N-methyl/N-ethyl adjacent to an activating group) is 1. The van der Waals surface area contributed by atoms with Gasteiger partial charge in [0.05, 0.1) is 5.56 Å². The highest BCUT2D eigenvalue weighted by atomic mass is 16.1. The third kappa shape index (κ3) is 2.63. The number of fused-ring (bicyclic) bond motifs is 1. The molecule has 104 valence electrons. The van der Waals surface area contributed by atoms with Gasteiger partial charge in [0.2, 0.25) is 0 Å². The van der Waals surface area contributed by atoms with Crippen molar-refractivity contribution < 1.29 is 4.79 Å². The second kappa shape index (κ2) is 5.70. The molecule has 0 atom stereocenters. The van der Waals surface area contributed by atoms with Crippen molar-refractivity contribution >= 4 is 5.78 Å². The van der Waals surface area contributed by atoms with Gasteiger partial charge in [0.1, 0.15) is 0 Å². The minimum absolute atomic E-state index is 0.113. The largest absolute Gasteiger partial charge is 0.312 e. The topological polar surface area (TPSA) is 42.3 Å². The van der Waals surface area contributed by atoms with Crippen LogP contribution in [-0.4, -0.2) is 28.3 Å². The van der Waals surface area contributed by atoms with Crippen LogP contribution >= 0.6 is 0 Å². The normalized spacial score (nSPS) is 15.3. The van der Waals surface area contributed by atoms with Crippen LogP contribution in [0, 0.1) is 0 Å². The van der Waals surface area contributed by atoms with E-state index in [1.165, 1.54) is 6.92 Å². The van der Waals surface area contributed by atoms with E-state index in [1.807, 2.05) is 10.6 Å². The summed E-state index contributed by atoms with van der Waals surface area (Å²) in [5, 5.41) is 0. The predicted octanol–water partition coefficient (Wildman–Crippen LogP) is 1.84. The monoisotopic (exact) mass is 262 g/mol. The number of pyridine rings is 1. The van der Waals surface area contributed by atoms with Crippen molar-refractivity contribution in [2.75, 3.05) is 13.1 Å². The molecule has 0 saturated heterocycles. The third-order valence-electron chi connectivity index (χ3n) is 3.82. The summed E-state index contributed by atoms with van der Waals surface area (Å²) in [6, 6.07) is 1.81. The van der Waals surface area contributed by atoms with Crippen LogP contribution in [0.4, 0.5) is 0 Å². The number of carbonyl (C=O) groups is 1. The van der Waals surface area contributed by atoms with Gasteiger partial charge in [-0.2, -0.15) is 0 Å². The number of ketones is 1. The lowest BCUT2D eigenvalue weighted by Gasteiger charge is -2.30. The summed E-state index contributed by atoms with van der Waals surface area (Å²) in [6.07, 6.45) is 1.81. The SMILES string of the molecule is CCCn1c2c(cc(C(C)=O)c1=O)CN(CC)CC2. The number of hydrogen-bond donors (Lipinski definition) is 0. The van der Waals surface area contributed by atoms with Crippen molar-refractivity contribution in [1.82, 2.24) is 9.47 Å². The molecule has 0 N–H and O–H groups in total. The summed E-state index contributed by atoms with van der Waals surface area (Å²) in [7, 11) is 0. The van der Waals surface area contributed by atoms with Crippen LogP contribution in [0.2, 0.25) is 0 Å². The molecule has 1 aliphatic rings. The first kappa shape index (κ1) is 14.0. The zero-order valence-electron chi connectivity index (χ0n) is 12.0. The van der Waals surface area contributed by atoms with Crippen molar-refractivity contribution in [3.8, 4) is 0 Å². The van der Waals surface area contributed by atoms with Crippen LogP contribution in [0.5, 0.6) is 0 Å². The van der Waals surface area contributed by atoms with Gasteiger partial charge < -0.3 is 4.57 Å². The number of nitrogens with zero attached hydrogens (tertiary/aromatic N) is 2. The van der Waals surface area contributed by atoms with Gasteiger partial charge in [-0.25, -0.2) is 0 Å². The minimum atomic E-state index is -0.133. The van der Waals surface area contributed by atoms with Gasteiger partial charge in [0, 0.05) is 31.7 Å². The third-order valence-corrected chi connectivity index (χ3v) is 3.82. The summed E-state index contributed by atoms with van der Waals surface area (Å²) < 4.78 is 1.82. The van der Waals surface area contributed by atoms with Crippen LogP contribution < -0.4 is 5.56 Å². The Hall–Kier alpha value is -1.42. The molecule has 2 heterocycles. The van der Waals surface area contributed by atoms with E-state index in [-0.39, 0.29) is 11.3 Å². The lowest BCUT2D eigenvalue weighted by molar-refractivity contribution is 0.101. The van der Waals surface area contributed by atoms with Crippen molar-refractivity contribution in [1.29, 1.82) is 0 Å². The molecule has 4 heteroatoms. The average Bonchev–Trinajstić information content (AvgIpc) is 2.40. The molecule has 0 spiro atoms. The second-order valence-electron chi connectivity index (χ2n) is 5.16. The number of aromatic nitrogens is 1. The van der Waals surface area contributed by atoms with Gasteiger partial charge in [-0.3, -0.25) is 14.5 Å². The lowest BCUT2D eigenvalue weighted by Crippen LogP contribution is -2.37. The van der Waals surface area contributed by atoms with Gasteiger partial charge in [0.15, 0.2) is 5.78 Å². The van der Waals surface area contributed by atoms with E-state index in [4.69, 9.17) is 0 Å². The fourth-order valence-corrected chi connectivity index (χ4v) is 2.76. The highest BCUT2D eigenvalue weighted by Gasteiger charge is 2.21. The van der Waals surface area contributed by atoms with Crippen molar-refractivity contribution in [2.24, 2.45) is 0 Å². The van der Waals surface area contributed by atoms with Crippen LogP contribution in [-0.2, 0) is 19.5 Å². The maximum atomic E-state index is 12.4. The molecular weight excluding hydrogens is 240 g/mol. The van der Waals surface area contributed by atoms with Gasteiger partial charge >= 0.3 is 0 Å². The summed E-state index contributed by atoms with van der Waals surface area (Å²) in [5.74, 6) is -0.133. The van der Waals surface area contributed by atoms with E-state index >= 15 is 0 Å². The Bertz CT molecular complexity index is 546. The molecule has 0 amide bonds. The molecule has 4 nitrogen and oxygen atoms in total. The molecule has 0 aromatic carbocycles. The molecule has 0 bridgehead atoms. The van der Waals surface area contributed by atoms with Crippen LogP contribution in [0.1, 0.15) is 48.8 Å². The second-order valence-corrected chi connectivity index (χ2v) is 5.16. The highest BCUT2D eigenvalue weighted by Crippen LogP contribution is 2.19. The molecule has 0 saturated carbocycles. The maximum absolute atomic E-state index is 12.4. The first-order valence-electron chi connectivity index (χ1n) is 7.07. The molecule has 19 heavy (non-hydrogen) atoms. The number of Topliss-reactive ketones (excluding diaryl/α,β-unsaturated/α-hetero) is 1. The van der Waals surface area contributed by atoms with Crippen molar-refractivity contribution in [3.63, 3.8) is 0 Å². The van der Waals surface area contributed by atoms with Crippen LogP contribution in [0.25, 0.3) is 0 Å². The van der Waals surface area contributed by atoms with Crippen molar-refractivity contribution in [3.05, 3.63) is 33.2 Å². The Kier molecular flexibility index (Phi) is 4.20. The predicted molar refractivity (Wildman–Crippen MR) is 75.7 cm³/mol. The van der Waals surface area contributed by atoms with Crippen LogP contribution in [0.15, 0.2) is 10.9 Å². The fourth-order valence-electron chi connectivity index (χ4n) is 2.76. The first-order valence-corrected chi connectivity index (χ1v) is 7.07. The maximum Gasteiger partial charge on any atom is 0.261 e. The summed E-state index contributed by atoms with van der Waals surface area (Å²) in [6.45, 7) is 9.21. The van der Waals surface area contributed by atoms with Gasteiger partial charge in [0.25, 0.3) is 5.56 Å². The standard InChI is InChI=1S/C15H22N2O2/c1-4-7-17-14-6-8-16(5-2)10-12(14)9-13(11(3)18)15(17)19/h9H,4-8,10H2,1-3H3. The van der Waals surface area contributed by atoms with E-state index in [0.29, 0.717) is 12.1 Å². The van der Waals surface area contributed by atoms with E-state index < -0.39 is 0 Å². The van der Waals surface area contributed by atoms with E-state index in [2.05, 4.69) is 18.7 Å². The summed E-state index contributed by atoms with van der Waals surface area (Å²) in [4.78, 5) is 26.3. The molecular formula is C15H22N2O2. The smallest absolute Gasteiger partial charge is 0.261 e. The molecule has 0 unspecified atom stereocenters.